The lowest BCUT2D eigenvalue weighted by atomic mass is 10.2. The van der Waals surface area contributed by atoms with E-state index in [1.54, 1.807) is 36.4 Å². The lowest BCUT2D eigenvalue weighted by Crippen LogP contribution is -2.37. The Morgan fingerprint density at radius 2 is 1.78 bits per heavy atom. The van der Waals surface area contributed by atoms with Crippen molar-refractivity contribution in [2.24, 2.45) is 4.99 Å². The second-order valence-corrected chi connectivity index (χ2v) is 11.1. The zero-order chi connectivity index (χ0) is 19.2. The van der Waals surface area contributed by atoms with Gasteiger partial charge in [0, 0.05) is 26.0 Å². The normalized spacial score (nSPS) is 25.0. The van der Waals surface area contributed by atoms with Crippen LogP contribution in [0.2, 0.25) is 5.02 Å². The molecule has 2 fully saturated rings. The van der Waals surface area contributed by atoms with Crippen LogP contribution in [0.3, 0.4) is 0 Å². The van der Waals surface area contributed by atoms with Gasteiger partial charge in [-0.25, -0.2) is 8.42 Å². The van der Waals surface area contributed by atoms with Gasteiger partial charge < -0.3 is 4.90 Å². The van der Waals surface area contributed by atoms with Crippen molar-refractivity contribution >= 4 is 65.9 Å². The average Bonchev–Trinajstić information content (AvgIpc) is 3.07. The Balaban J connectivity index is 1.71. The smallest absolute Gasteiger partial charge is 0.279 e. The van der Waals surface area contributed by atoms with Crippen LogP contribution >= 0.6 is 39.3 Å². The van der Waals surface area contributed by atoms with Gasteiger partial charge in [-0.1, -0.05) is 39.3 Å². The molecule has 5 nitrogen and oxygen atoms in total. The van der Waals surface area contributed by atoms with Crippen LogP contribution in [0.15, 0.2) is 58.0 Å². The van der Waals surface area contributed by atoms with Crippen molar-refractivity contribution in [2.45, 2.75) is 11.3 Å². The lowest BCUT2D eigenvalue weighted by molar-refractivity contribution is 0.100. The van der Waals surface area contributed by atoms with Crippen molar-refractivity contribution < 1.29 is 13.2 Å². The second-order valence-electron chi connectivity index (χ2n) is 6.35. The molecule has 2 aromatic carbocycles. The molecule has 2 aliphatic rings. The maximum absolute atomic E-state index is 12.6. The number of sulfone groups is 1. The number of amides is 1. The summed E-state index contributed by atoms with van der Waals surface area (Å²) in [5.74, 6) is -0.205. The highest BCUT2D eigenvalue weighted by Gasteiger charge is 2.49. The maximum atomic E-state index is 12.6. The Morgan fingerprint density at radius 1 is 1.11 bits per heavy atom. The summed E-state index contributed by atoms with van der Waals surface area (Å²) in [6, 6.07) is 13.9. The molecule has 2 aliphatic heterocycles. The maximum Gasteiger partial charge on any atom is 0.279 e. The van der Waals surface area contributed by atoms with Crippen molar-refractivity contribution in [2.75, 3.05) is 16.4 Å². The minimum atomic E-state index is -3.10. The summed E-state index contributed by atoms with van der Waals surface area (Å²) >= 11 is 10.7. The highest BCUT2D eigenvalue weighted by Crippen LogP contribution is 2.41. The zero-order valence-corrected chi connectivity index (χ0v) is 17.9. The second kappa shape index (κ2) is 7.24. The van der Waals surface area contributed by atoms with Crippen molar-refractivity contribution in [1.29, 1.82) is 0 Å². The SMILES string of the molecule is O=C(N=C1S[C@H]2CS(=O)(=O)C[C@@H]2N1c1ccc(Cl)cc1)c1ccc(Br)cc1. The molecule has 0 bridgehead atoms. The van der Waals surface area contributed by atoms with Gasteiger partial charge in [-0.2, -0.15) is 4.99 Å². The molecule has 2 aromatic rings. The number of hydrogen-bond acceptors (Lipinski definition) is 4. The largest absolute Gasteiger partial charge is 0.316 e. The van der Waals surface area contributed by atoms with Crippen LogP contribution in [0.4, 0.5) is 5.69 Å². The van der Waals surface area contributed by atoms with E-state index in [4.69, 9.17) is 11.6 Å². The number of rotatable bonds is 2. The fourth-order valence-corrected chi connectivity index (χ4v) is 7.51. The topological polar surface area (TPSA) is 66.8 Å². The van der Waals surface area contributed by atoms with Gasteiger partial charge in [0.1, 0.15) is 0 Å². The molecule has 2 atom stereocenters. The molecular formula is C18H14BrClN2O3S2. The monoisotopic (exact) mass is 484 g/mol. The van der Waals surface area contributed by atoms with Crippen molar-refractivity contribution in [3.63, 3.8) is 0 Å². The van der Waals surface area contributed by atoms with Gasteiger partial charge in [0.2, 0.25) is 0 Å². The minimum absolute atomic E-state index is 0.0544. The number of anilines is 1. The van der Waals surface area contributed by atoms with Crippen LogP contribution in [-0.2, 0) is 9.84 Å². The first-order valence-electron chi connectivity index (χ1n) is 8.13. The standard InChI is InChI=1S/C18H14BrClN2O3S2/c19-12-3-1-11(2-4-12)17(23)21-18-22(14-7-5-13(20)6-8-14)15-9-27(24,25)10-16(15)26-18/h1-8,15-16H,9-10H2/t15-,16-/m0/s1. The van der Waals surface area contributed by atoms with E-state index >= 15 is 0 Å². The van der Waals surface area contributed by atoms with Gasteiger partial charge in [0.05, 0.1) is 17.5 Å². The van der Waals surface area contributed by atoms with E-state index in [0.717, 1.165) is 10.2 Å². The van der Waals surface area contributed by atoms with E-state index in [1.807, 2.05) is 17.0 Å². The Labute approximate surface area is 174 Å². The first-order valence-corrected chi connectivity index (χ1v) is 12.0. The molecule has 1 amide bonds. The molecule has 2 heterocycles. The lowest BCUT2D eigenvalue weighted by Gasteiger charge is -2.24. The first kappa shape index (κ1) is 19.0. The summed E-state index contributed by atoms with van der Waals surface area (Å²) in [4.78, 5) is 18.8. The molecule has 0 aliphatic carbocycles. The molecule has 0 aromatic heterocycles. The van der Waals surface area contributed by atoms with Gasteiger partial charge in [-0.05, 0) is 48.5 Å². The Morgan fingerprint density at radius 3 is 2.44 bits per heavy atom. The van der Waals surface area contributed by atoms with E-state index in [9.17, 15) is 13.2 Å². The summed E-state index contributed by atoms with van der Waals surface area (Å²) in [7, 11) is -3.10. The number of thioether (sulfide) groups is 1. The van der Waals surface area contributed by atoms with Gasteiger partial charge in [0.15, 0.2) is 15.0 Å². The van der Waals surface area contributed by atoms with E-state index in [2.05, 4.69) is 20.9 Å². The summed E-state index contributed by atoms with van der Waals surface area (Å²) in [5, 5.41) is 0.975. The fraction of sp³-hybridized carbons (Fsp3) is 0.222. The Kier molecular flexibility index (Phi) is 5.09. The number of carbonyl (C=O) groups is 1. The first-order chi connectivity index (χ1) is 12.8. The zero-order valence-electron chi connectivity index (χ0n) is 13.9. The highest BCUT2D eigenvalue weighted by atomic mass is 79.9. The molecule has 0 radical (unpaired) electrons. The predicted octanol–water partition coefficient (Wildman–Crippen LogP) is 4.02. The predicted molar refractivity (Wildman–Crippen MR) is 114 cm³/mol. The number of hydrogen-bond donors (Lipinski definition) is 0. The number of benzene rings is 2. The molecule has 4 rings (SSSR count). The molecule has 2 saturated heterocycles. The number of carbonyl (C=O) groups excluding carboxylic acids is 1. The number of nitrogens with zero attached hydrogens (tertiary/aromatic N) is 2. The highest BCUT2D eigenvalue weighted by molar-refractivity contribution is 9.10. The van der Waals surface area contributed by atoms with Crippen LogP contribution in [0, 0.1) is 0 Å². The number of halogens is 2. The molecule has 27 heavy (non-hydrogen) atoms. The molecule has 0 unspecified atom stereocenters. The van der Waals surface area contributed by atoms with E-state index < -0.39 is 9.84 Å². The third kappa shape index (κ3) is 3.94. The van der Waals surface area contributed by atoms with Crippen LogP contribution in [0.25, 0.3) is 0 Å². The summed E-state index contributed by atoms with van der Waals surface area (Å²) < 4.78 is 25.0. The van der Waals surface area contributed by atoms with Gasteiger partial charge in [-0.3, -0.25) is 4.79 Å². The minimum Gasteiger partial charge on any atom is -0.316 e. The molecule has 9 heteroatoms. The summed E-state index contributed by atoms with van der Waals surface area (Å²) in [5.41, 5.74) is 1.26. The average molecular weight is 486 g/mol. The quantitative estimate of drug-likeness (QED) is 0.643. The van der Waals surface area contributed by atoms with Gasteiger partial charge in [-0.15, -0.1) is 0 Å². The Bertz CT molecular complexity index is 1020. The van der Waals surface area contributed by atoms with Crippen LogP contribution in [0.5, 0.6) is 0 Å². The van der Waals surface area contributed by atoms with Crippen LogP contribution < -0.4 is 4.90 Å². The van der Waals surface area contributed by atoms with Crippen molar-refractivity contribution in [3.8, 4) is 0 Å². The fourth-order valence-electron chi connectivity index (χ4n) is 3.21. The van der Waals surface area contributed by atoms with E-state index in [-0.39, 0.29) is 28.7 Å². The molecule has 140 valence electrons. The number of amidine groups is 1. The van der Waals surface area contributed by atoms with E-state index in [1.165, 1.54) is 11.8 Å². The summed E-state index contributed by atoms with van der Waals surface area (Å²) in [6.45, 7) is 0. The number of fused-ring (bicyclic) bond motifs is 1. The van der Waals surface area contributed by atoms with Crippen molar-refractivity contribution in [1.82, 2.24) is 0 Å². The molecular weight excluding hydrogens is 472 g/mol. The van der Waals surface area contributed by atoms with E-state index in [0.29, 0.717) is 15.8 Å². The summed E-state index contributed by atoms with van der Waals surface area (Å²) in [6.07, 6.45) is 0. The third-order valence-corrected chi connectivity index (χ3v) is 8.45. The Hall–Kier alpha value is -1.35. The molecule has 0 spiro atoms. The molecule has 0 N–H and O–H groups in total. The van der Waals surface area contributed by atoms with Crippen molar-refractivity contribution in [3.05, 3.63) is 63.6 Å². The van der Waals surface area contributed by atoms with Gasteiger partial charge >= 0.3 is 0 Å². The van der Waals surface area contributed by atoms with Gasteiger partial charge in [0.25, 0.3) is 5.91 Å². The third-order valence-electron chi connectivity index (χ3n) is 4.46. The van der Waals surface area contributed by atoms with Crippen LogP contribution in [-0.4, -0.2) is 42.3 Å². The van der Waals surface area contributed by atoms with Crippen LogP contribution in [0.1, 0.15) is 10.4 Å². The number of aliphatic imine (C=N–C) groups is 1. The molecule has 0 saturated carbocycles.